The van der Waals surface area contributed by atoms with Crippen LogP contribution in [0.1, 0.15) is 106 Å². The summed E-state index contributed by atoms with van der Waals surface area (Å²) in [4.78, 5) is 74.0. The number of sulfonamides is 2. The molecule has 0 atom stereocenters. The molecule has 73 heavy (non-hydrogen) atoms. The number of carbonyl (C=O) groups excluding carboxylic acids is 3. The zero-order valence-corrected chi connectivity index (χ0v) is 42.3. The van der Waals surface area contributed by atoms with Crippen LogP contribution >= 0.6 is 0 Å². The van der Waals surface area contributed by atoms with E-state index in [0.717, 1.165) is 69.1 Å². The van der Waals surface area contributed by atoms with Gasteiger partial charge in [0.2, 0.25) is 0 Å². The van der Waals surface area contributed by atoms with E-state index >= 15 is 4.79 Å². The summed E-state index contributed by atoms with van der Waals surface area (Å²) in [6.07, 6.45) is 6.99. The fourth-order valence-corrected chi connectivity index (χ4v) is 11.3. The van der Waals surface area contributed by atoms with Crippen molar-refractivity contribution in [2.24, 2.45) is 5.14 Å². The van der Waals surface area contributed by atoms with Crippen molar-refractivity contribution in [3.05, 3.63) is 72.3 Å². The summed E-state index contributed by atoms with van der Waals surface area (Å²) in [6, 6.07) is 7.33. The summed E-state index contributed by atoms with van der Waals surface area (Å²) in [5.41, 5.74) is -1.28. The first kappa shape index (κ1) is 52.9. The first-order valence-corrected chi connectivity index (χ1v) is 27.0. The molecule has 0 bridgehead atoms. The lowest BCUT2D eigenvalue weighted by atomic mass is 10.1. The molecule has 4 aromatic rings. The van der Waals surface area contributed by atoms with Crippen LogP contribution in [-0.4, -0.2) is 129 Å². The minimum atomic E-state index is -5.11. The number of nitrogens with one attached hydrogen (secondary N) is 1. The molecule has 0 aliphatic carbocycles. The van der Waals surface area contributed by atoms with Gasteiger partial charge in [0.1, 0.15) is 11.6 Å². The van der Waals surface area contributed by atoms with E-state index < -0.39 is 96.8 Å². The molecule has 8 rings (SSSR count). The molecular formula is C47H58F4N12O8S2. The van der Waals surface area contributed by atoms with E-state index in [2.05, 4.69) is 30.2 Å². The molecule has 3 N–H and O–H groups in total. The third-order valence-electron chi connectivity index (χ3n) is 13.1. The monoisotopic (exact) mass is 1060 g/mol. The smallest absolute Gasteiger partial charge is 0.370 e. The van der Waals surface area contributed by atoms with Crippen LogP contribution in [0, 0.1) is 0 Å². The fraction of sp³-hybridized carbons (Fsp3) is 0.511. The highest BCUT2D eigenvalue weighted by atomic mass is 32.2. The number of rotatable bonds is 11. The van der Waals surface area contributed by atoms with Gasteiger partial charge in [-0.25, -0.2) is 55.8 Å². The fourth-order valence-electron chi connectivity index (χ4n) is 9.23. The van der Waals surface area contributed by atoms with Crippen molar-refractivity contribution >= 4 is 72.3 Å². The Morgan fingerprint density at radius 2 is 1.12 bits per heavy atom. The van der Waals surface area contributed by atoms with Gasteiger partial charge in [-0.05, 0) is 83.6 Å². The van der Waals surface area contributed by atoms with E-state index in [1.165, 1.54) is 44.0 Å². The molecule has 8 heterocycles. The molecule has 4 aliphatic heterocycles. The molecule has 4 aromatic heterocycles. The van der Waals surface area contributed by atoms with Gasteiger partial charge in [0.15, 0.2) is 10.1 Å². The number of piperidine rings is 4. The first-order chi connectivity index (χ1) is 34.4. The van der Waals surface area contributed by atoms with Crippen LogP contribution in [0.5, 0.6) is 0 Å². The molecule has 4 aliphatic rings. The van der Waals surface area contributed by atoms with Gasteiger partial charge in [0.05, 0.1) is 46.1 Å². The molecule has 0 saturated carbocycles. The maximum atomic E-state index is 15.1. The Hall–Kier alpha value is -6.41. The van der Waals surface area contributed by atoms with E-state index in [4.69, 9.17) is 9.98 Å². The normalized spacial score (nSPS) is 18.5. The molecule has 394 valence electrons. The van der Waals surface area contributed by atoms with Crippen LogP contribution in [0.15, 0.2) is 71.2 Å². The second-order valence-electron chi connectivity index (χ2n) is 19.5. The van der Waals surface area contributed by atoms with Crippen molar-refractivity contribution in [1.29, 1.82) is 0 Å². The van der Waals surface area contributed by atoms with E-state index in [1.54, 1.807) is 17.2 Å². The topological polar surface area (TPSA) is 238 Å². The highest BCUT2D eigenvalue weighted by Gasteiger charge is 2.44. The van der Waals surface area contributed by atoms with Gasteiger partial charge in [-0.15, -0.1) is 5.06 Å². The lowest BCUT2D eigenvalue weighted by molar-refractivity contribution is -0.0228. The molecule has 3 amide bonds. The van der Waals surface area contributed by atoms with Gasteiger partial charge >= 0.3 is 6.09 Å². The third kappa shape index (κ3) is 12.2. The zero-order chi connectivity index (χ0) is 52.5. The van der Waals surface area contributed by atoms with E-state index in [-0.39, 0.29) is 54.6 Å². The number of hydrogen-bond acceptors (Lipinski definition) is 16. The zero-order valence-electron chi connectivity index (χ0n) is 40.6. The average Bonchev–Trinajstić information content (AvgIpc) is 3.35. The average molecular weight is 1060 g/mol. The van der Waals surface area contributed by atoms with Crippen LogP contribution in [0.4, 0.5) is 56.7 Å². The predicted molar refractivity (Wildman–Crippen MR) is 263 cm³/mol. The van der Waals surface area contributed by atoms with Crippen molar-refractivity contribution < 1.29 is 53.6 Å². The number of nitrogens with zero attached hydrogens (tertiary/aromatic N) is 10. The molecule has 20 nitrogen and oxygen atoms in total. The Morgan fingerprint density at radius 3 is 1.63 bits per heavy atom. The highest BCUT2D eigenvalue weighted by molar-refractivity contribution is 7.89. The Labute approximate surface area is 420 Å². The number of primary sulfonamides is 1. The van der Waals surface area contributed by atoms with Gasteiger partial charge < -0.3 is 29.8 Å². The van der Waals surface area contributed by atoms with Crippen LogP contribution in [0.25, 0.3) is 0 Å². The summed E-state index contributed by atoms with van der Waals surface area (Å²) < 4.78 is 112. The largest absolute Gasteiger partial charge is 0.449 e. The van der Waals surface area contributed by atoms with E-state index in [9.17, 15) is 44.0 Å². The van der Waals surface area contributed by atoms with Crippen LogP contribution in [-0.2, 0) is 24.9 Å². The maximum absolute atomic E-state index is 15.1. The van der Waals surface area contributed by atoms with E-state index in [0.29, 0.717) is 46.9 Å². The summed E-state index contributed by atoms with van der Waals surface area (Å²) >= 11 is 0. The molecule has 4 saturated heterocycles. The molecule has 4 fully saturated rings. The number of nitrogens with two attached hydrogens (primary N) is 1. The van der Waals surface area contributed by atoms with Crippen molar-refractivity contribution in [1.82, 2.24) is 24.2 Å². The predicted octanol–water partition coefficient (Wildman–Crippen LogP) is 6.81. The number of amides is 3. The lowest BCUT2D eigenvalue weighted by Gasteiger charge is -2.36. The summed E-state index contributed by atoms with van der Waals surface area (Å²) in [6.45, 7) is 6.15. The first-order valence-electron chi connectivity index (χ1n) is 24.0. The minimum Gasteiger partial charge on any atom is -0.370 e. The summed E-state index contributed by atoms with van der Waals surface area (Å²) in [7, 11) is -9.66. The van der Waals surface area contributed by atoms with Crippen molar-refractivity contribution in [3.8, 4) is 0 Å². The molecule has 0 radical (unpaired) electrons. The summed E-state index contributed by atoms with van der Waals surface area (Å²) in [5.74, 6) is -7.63. The Bertz CT molecular complexity index is 2940. The van der Waals surface area contributed by atoms with Gasteiger partial charge in [-0.3, -0.25) is 9.59 Å². The van der Waals surface area contributed by atoms with E-state index in [1.807, 2.05) is 4.90 Å². The Morgan fingerprint density at radius 1 is 0.644 bits per heavy atom. The number of hydrogen-bond donors (Lipinski definition) is 2. The minimum absolute atomic E-state index is 0.0509. The number of alkyl halides is 4. The van der Waals surface area contributed by atoms with Crippen molar-refractivity contribution in [3.63, 3.8) is 0 Å². The third-order valence-corrected chi connectivity index (χ3v) is 15.8. The molecule has 0 aromatic carbocycles. The molecular weight excluding hydrogens is 1000 g/mol. The van der Waals surface area contributed by atoms with Crippen LogP contribution in [0.3, 0.4) is 0 Å². The van der Waals surface area contributed by atoms with Gasteiger partial charge in [0, 0.05) is 108 Å². The number of halogens is 4. The second kappa shape index (κ2) is 20.8. The molecule has 0 unspecified atom stereocenters. The summed E-state index contributed by atoms with van der Waals surface area (Å²) in [5, 5.41) is 6.96. The standard InChI is InChI=1S/C47H58F4N12O8S2/c1-45(2,3)63(73(69,70)39-26-32(10-16-54-39)57-42(64)36-27-34(58-18-6-4-7-19-58)30-55-40(36)60-22-12-46(48,49)13-23-60)44(66)71-62(33-11-17-53-38(29-33)72(52,67)68)43(65)37-28-35(59-20-8-5-9-21-59)31-56-41(37)61-24-14-47(50,51)15-25-61/h10-11,16-17,26-31H,4-9,12-15,18-25H2,1-3H3,(H2,52,67,68)(H,54,57,64). The number of carbonyl (C=O) groups is 3. The number of aromatic nitrogens is 4. The second-order valence-corrected chi connectivity index (χ2v) is 22.8. The van der Waals surface area contributed by atoms with Gasteiger partial charge in [-0.2, -0.15) is 12.7 Å². The Kier molecular flexibility index (Phi) is 15.1. The lowest BCUT2D eigenvalue weighted by Crippen LogP contribution is -2.52. The van der Waals surface area contributed by atoms with Gasteiger partial charge in [0.25, 0.3) is 43.7 Å². The SMILES string of the molecule is CC(C)(C)N(C(=O)ON(C(=O)c1cc(N2CCCCC2)cnc1N1CCC(F)(F)CC1)c1ccnc(S(N)(=O)=O)c1)S(=O)(=O)c1cc(NC(=O)c2cc(N3CCCCC3)cnc2N2CCC(F)(F)CC2)ccn1. The van der Waals surface area contributed by atoms with Crippen molar-refractivity contribution in [2.45, 2.75) is 112 Å². The number of anilines is 6. The number of hydroxylamine groups is 1. The van der Waals surface area contributed by atoms with Crippen LogP contribution < -0.4 is 35.1 Å². The Balaban J connectivity index is 1.13. The molecule has 0 spiro atoms. The highest BCUT2D eigenvalue weighted by Crippen LogP contribution is 2.37. The van der Waals surface area contributed by atoms with Crippen LogP contribution in [0.2, 0.25) is 0 Å². The van der Waals surface area contributed by atoms with Crippen molar-refractivity contribution in [2.75, 3.05) is 82.3 Å². The number of pyridine rings is 4. The quantitative estimate of drug-likeness (QED) is 0.116. The van der Waals surface area contributed by atoms with Gasteiger partial charge in [-0.1, -0.05) is 0 Å². The molecule has 26 heteroatoms. The maximum Gasteiger partial charge on any atom is 0.449 e.